The first-order chi connectivity index (χ1) is 13.5. The van der Waals surface area contributed by atoms with Crippen LogP contribution in [0.2, 0.25) is 0 Å². The van der Waals surface area contributed by atoms with Crippen molar-refractivity contribution in [2.75, 3.05) is 6.54 Å². The van der Waals surface area contributed by atoms with Crippen molar-refractivity contribution in [3.8, 4) is 0 Å². The molecular formula is C17H21N7O4. The number of likely N-dealkylation sites (tertiary alicyclic amines) is 1. The zero-order chi connectivity index (χ0) is 20.1. The molecule has 3 N–H and O–H groups in total. The van der Waals surface area contributed by atoms with Crippen LogP contribution in [0.25, 0.3) is 5.53 Å². The van der Waals surface area contributed by atoms with Gasteiger partial charge in [0.25, 0.3) is 5.78 Å². The Kier molecular flexibility index (Phi) is 5.95. The second kappa shape index (κ2) is 8.57. The van der Waals surface area contributed by atoms with E-state index >= 15 is 0 Å². The lowest BCUT2D eigenvalue weighted by Gasteiger charge is -2.28. The summed E-state index contributed by atoms with van der Waals surface area (Å²) in [5.74, 6) is -1.52. The van der Waals surface area contributed by atoms with E-state index in [4.69, 9.17) is 5.53 Å². The molecule has 2 aliphatic heterocycles. The first-order valence-electron chi connectivity index (χ1n) is 9.08. The first kappa shape index (κ1) is 19.4. The molecule has 1 aromatic rings. The Morgan fingerprint density at radius 1 is 1.43 bits per heavy atom. The van der Waals surface area contributed by atoms with E-state index in [1.54, 1.807) is 6.20 Å². The average molecular weight is 387 g/mol. The highest BCUT2D eigenvalue weighted by Crippen LogP contribution is 2.20. The molecule has 11 nitrogen and oxygen atoms in total. The van der Waals surface area contributed by atoms with Gasteiger partial charge in [-0.1, -0.05) is 0 Å². The zero-order valence-electron chi connectivity index (χ0n) is 15.1. The van der Waals surface area contributed by atoms with Crippen LogP contribution in [0.3, 0.4) is 0 Å². The predicted molar refractivity (Wildman–Crippen MR) is 94.8 cm³/mol. The number of hydrogen-bond acceptors (Lipinski definition) is 5. The van der Waals surface area contributed by atoms with Crippen molar-refractivity contribution >= 4 is 29.7 Å². The van der Waals surface area contributed by atoms with E-state index in [2.05, 4.69) is 25.4 Å². The highest BCUT2D eigenvalue weighted by molar-refractivity contribution is 6.28. The summed E-state index contributed by atoms with van der Waals surface area (Å²) in [6.45, 7) is 0.365. The van der Waals surface area contributed by atoms with Gasteiger partial charge in [0.05, 0.1) is 6.33 Å². The molecule has 0 radical (unpaired) electrons. The third-order valence-corrected chi connectivity index (χ3v) is 4.95. The van der Waals surface area contributed by atoms with Crippen LogP contribution in [-0.2, 0) is 25.6 Å². The number of carbonyl (C=O) groups is 4. The molecular weight excluding hydrogens is 366 g/mol. The Balaban J connectivity index is 1.76. The smallest absolute Gasteiger partial charge is 0.325 e. The van der Waals surface area contributed by atoms with Crippen LogP contribution < -0.4 is 10.6 Å². The Morgan fingerprint density at radius 3 is 2.89 bits per heavy atom. The number of ketones is 1. The molecule has 0 aliphatic carbocycles. The number of amides is 3. The van der Waals surface area contributed by atoms with E-state index in [0.29, 0.717) is 31.5 Å². The first-order valence-corrected chi connectivity index (χ1v) is 9.08. The molecule has 2 aliphatic rings. The number of rotatable bonds is 7. The average Bonchev–Trinajstić information content (AvgIpc) is 3.42. The molecule has 28 heavy (non-hydrogen) atoms. The number of imidazole rings is 1. The number of nitrogens with zero attached hydrogens (tertiary/aromatic N) is 4. The Bertz CT molecular complexity index is 815. The number of carbonyl (C=O) groups excluding carboxylic acids is 4. The minimum Gasteiger partial charge on any atom is -0.361 e. The molecule has 3 heterocycles. The van der Waals surface area contributed by atoms with E-state index in [9.17, 15) is 19.2 Å². The Labute approximate surface area is 160 Å². The van der Waals surface area contributed by atoms with Crippen LogP contribution >= 0.6 is 0 Å². The maximum Gasteiger partial charge on any atom is 0.325 e. The lowest BCUT2D eigenvalue weighted by molar-refractivity contribution is -0.140. The fourth-order valence-corrected chi connectivity index (χ4v) is 3.57. The van der Waals surface area contributed by atoms with Crippen molar-refractivity contribution in [2.45, 2.75) is 50.2 Å². The highest BCUT2D eigenvalue weighted by Gasteiger charge is 2.39. The summed E-state index contributed by atoms with van der Waals surface area (Å²) >= 11 is 0. The normalized spacial score (nSPS) is 22.3. The van der Waals surface area contributed by atoms with Gasteiger partial charge in [-0.05, 0) is 19.3 Å². The summed E-state index contributed by atoms with van der Waals surface area (Å²) < 4.78 is 0. The molecule has 3 amide bonds. The van der Waals surface area contributed by atoms with Crippen molar-refractivity contribution in [3.63, 3.8) is 0 Å². The zero-order valence-corrected chi connectivity index (χ0v) is 15.1. The maximum atomic E-state index is 13.1. The lowest BCUT2D eigenvalue weighted by Crippen LogP contribution is -2.55. The number of aromatic nitrogens is 2. The molecule has 0 spiro atoms. The molecule has 11 heteroatoms. The van der Waals surface area contributed by atoms with Crippen LogP contribution in [0.15, 0.2) is 12.5 Å². The van der Waals surface area contributed by atoms with Crippen LogP contribution in [0.5, 0.6) is 0 Å². The summed E-state index contributed by atoms with van der Waals surface area (Å²) in [4.78, 5) is 60.1. The van der Waals surface area contributed by atoms with Gasteiger partial charge in [-0.2, -0.15) is 4.79 Å². The van der Waals surface area contributed by atoms with E-state index in [1.165, 1.54) is 11.2 Å². The number of H-pyrrole nitrogens is 1. The van der Waals surface area contributed by atoms with Gasteiger partial charge in [-0.15, -0.1) is 0 Å². The largest absolute Gasteiger partial charge is 0.361 e. The predicted octanol–water partition coefficient (Wildman–Crippen LogP) is -1.42. The van der Waals surface area contributed by atoms with Gasteiger partial charge in [0.2, 0.25) is 17.7 Å². The quantitative estimate of drug-likeness (QED) is 0.297. The van der Waals surface area contributed by atoms with Crippen molar-refractivity contribution in [1.29, 1.82) is 0 Å². The van der Waals surface area contributed by atoms with Gasteiger partial charge < -0.3 is 26.0 Å². The van der Waals surface area contributed by atoms with Gasteiger partial charge in [-0.25, -0.2) is 4.98 Å². The molecule has 3 atom stereocenters. The standard InChI is InChI=1S/C17H21N7O4/c18-21-8-14(25)13-2-1-5-24(13)17(28)12(6-10-7-19-9-20-10)23-16(27)11-3-4-15(26)22-11/h7-9,11-13H,1-6H2,(H,19,20)(H,22,26)(H,23,27)/t11-,12-,13-/m0/s1. The van der Waals surface area contributed by atoms with E-state index < -0.39 is 35.7 Å². The van der Waals surface area contributed by atoms with E-state index in [-0.39, 0.29) is 18.7 Å². The third-order valence-electron chi connectivity index (χ3n) is 4.95. The maximum absolute atomic E-state index is 13.1. The van der Waals surface area contributed by atoms with Gasteiger partial charge in [0, 0.05) is 31.3 Å². The molecule has 3 rings (SSSR count). The summed E-state index contributed by atoms with van der Waals surface area (Å²) in [5.41, 5.74) is 9.25. The lowest BCUT2D eigenvalue weighted by atomic mass is 10.1. The molecule has 1 aromatic heterocycles. The molecule has 0 bridgehead atoms. The molecule has 2 saturated heterocycles. The van der Waals surface area contributed by atoms with Gasteiger partial charge in [0.1, 0.15) is 18.1 Å². The minimum atomic E-state index is -0.926. The van der Waals surface area contributed by atoms with Crippen molar-refractivity contribution in [1.82, 2.24) is 25.5 Å². The third kappa shape index (κ3) is 4.32. The Hall–Kier alpha value is -3.33. The van der Waals surface area contributed by atoms with Crippen LogP contribution in [0.4, 0.5) is 0 Å². The fraction of sp³-hybridized carbons (Fsp3) is 0.529. The van der Waals surface area contributed by atoms with Crippen LogP contribution in [0.1, 0.15) is 31.4 Å². The number of aromatic amines is 1. The van der Waals surface area contributed by atoms with Gasteiger partial charge in [0.15, 0.2) is 0 Å². The number of Topliss-reactive ketones (excluding diaryl/α,β-unsaturated/α-hetero) is 1. The molecule has 0 saturated carbocycles. The van der Waals surface area contributed by atoms with Crippen molar-refractivity contribution in [2.24, 2.45) is 0 Å². The second-order valence-corrected chi connectivity index (χ2v) is 6.84. The molecule has 0 unspecified atom stereocenters. The summed E-state index contributed by atoms with van der Waals surface area (Å²) in [7, 11) is 0. The van der Waals surface area contributed by atoms with Crippen LogP contribution in [0, 0.1) is 0 Å². The van der Waals surface area contributed by atoms with E-state index in [1.807, 2.05) is 0 Å². The molecule has 2 fully saturated rings. The number of hydrogen-bond donors (Lipinski definition) is 3. The Morgan fingerprint density at radius 2 is 2.25 bits per heavy atom. The summed E-state index contributed by atoms with van der Waals surface area (Å²) in [6, 6.07) is -2.33. The highest BCUT2D eigenvalue weighted by atomic mass is 16.2. The number of nitrogens with one attached hydrogen (secondary N) is 3. The summed E-state index contributed by atoms with van der Waals surface area (Å²) in [5, 5.41) is 5.27. The van der Waals surface area contributed by atoms with Crippen LogP contribution in [-0.4, -0.2) is 74.0 Å². The molecule has 0 aromatic carbocycles. The van der Waals surface area contributed by atoms with Crippen molar-refractivity contribution in [3.05, 3.63) is 23.7 Å². The molecule has 148 valence electrons. The second-order valence-electron chi connectivity index (χ2n) is 6.84. The van der Waals surface area contributed by atoms with Crippen molar-refractivity contribution < 1.29 is 24.0 Å². The summed E-state index contributed by atoms with van der Waals surface area (Å²) in [6.07, 6.45) is 5.69. The SMILES string of the molecule is [N-]=[N+]=CC(=O)[C@@H]1CCCN1C(=O)[C@H](Cc1cnc[nH]1)NC(=O)[C@@H]1CCC(=O)N1. The van der Waals surface area contributed by atoms with Gasteiger partial charge >= 0.3 is 6.21 Å². The monoisotopic (exact) mass is 387 g/mol. The van der Waals surface area contributed by atoms with Gasteiger partial charge in [-0.3, -0.25) is 19.2 Å². The fourth-order valence-electron chi connectivity index (χ4n) is 3.57. The minimum absolute atomic E-state index is 0.163. The van der Waals surface area contributed by atoms with E-state index in [0.717, 1.165) is 6.21 Å². The topological polar surface area (TPSA) is 161 Å².